The quantitative estimate of drug-likeness (QED) is 0.629. The molecule has 2 aromatic carbocycles. The number of rotatable bonds is 4. The Balaban J connectivity index is 1.49. The molecular formula is C23H25N3O2S. The molecule has 150 valence electrons. The van der Waals surface area contributed by atoms with Gasteiger partial charge in [0, 0.05) is 11.6 Å². The Morgan fingerprint density at radius 3 is 2.52 bits per heavy atom. The van der Waals surface area contributed by atoms with E-state index in [1.54, 1.807) is 10.6 Å². The van der Waals surface area contributed by atoms with E-state index in [-0.39, 0.29) is 17.5 Å². The molecule has 1 saturated carbocycles. The second kappa shape index (κ2) is 8.33. The second-order valence-electron chi connectivity index (χ2n) is 7.99. The Morgan fingerprint density at radius 2 is 1.79 bits per heavy atom. The molecular weight excluding hydrogens is 382 g/mol. The van der Waals surface area contributed by atoms with E-state index in [2.05, 4.69) is 17.2 Å². The van der Waals surface area contributed by atoms with Crippen LogP contribution in [0.5, 0.6) is 0 Å². The van der Waals surface area contributed by atoms with Gasteiger partial charge in [-0.15, -0.1) is 0 Å². The summed E-state index contributed by atoms with van der Waals surface area (Å²) in [5.74, 6) is 0.726. The molecule has 1 aliphatic carbocycles. The third-order valence-electron chi connectivity index (χ3n) is 5.80. The van der Waals surface area contributed by atoms with Crippen molar-refractivity contribution in [3.8, 4) is 0 Å². The summed E-state index contributed by atoms with van der Waals surface area (Å²) in [6, 6.07) is 15.0. The van der Waals surface area contributed by atoms with E-state index in [0.717, 1.165) is 29.8 Å². The van der Waals surface area contributed by atoms with Crippen molar-refractivity contribution in [2.45, 2.75) is 45.2 Å². The van der Waals surface area contributed by atoms with Gasteiger partial charge in [0.05, 0.1) is 17.4 Å². The van der Waals surface area contributed by atoms with Crippen LogP contribution in [0.2, 0.25) is 0 Å². The van der Waals surface area contributed by atoms with Crippen LogP contribution in [0.3, 0.4) is 0 Å². The molecule has 0 atom stereocenters. The number of carbonyl (C=O) groups is 1. The number of hydrogen-bond donors (Lipinski definition) is 2. The fourth-order valence-electron chi connectivity index (χ4n) is 3.96. The number of hydrogen-bond acceptors (Lipinski definition) is 3. The minimum Gasteiger partial charge on any atom is -0.349 e. The number of nitrogens with one attached hydrogen (secondary N) is 2. The van der Waals surface area contributed by atoms with Gasteiger partial charge in [0.1, 0.15) is 0 Å². The summed E-state index contributed by atoms with van der Waals surface area (Å²) in [6.07, 6.45) is 4.44. The Hall–Kier alpha value is -2.73. The van der Waals surface area contributed by atoms with E-state index in [9.17, 15) is 9.59 Å². The standard InChI is InChI=1S/C23H25N3O2S/c1-15-6-12-18(13-7-15)24-21(27)17-10-8-16(9-11-17)14-26-22(28)19-4-2-3-5-20(19)25-23(26)29/h2-5,8-11,15,18H,6-7,12-14H2,1H3,(H,24,27)(H,25,29). The van der Waals surface area contributed by atoms with E-state index in [4.69, 9.17) is 12.2 Å². The summed E-state index contributed by atoms with van der Waals surface area (Å²) >= 11 is 5.38. The van der Waals surface area contributed by atoms with Crippen molar-refractivity contribution in [2.24, 2.45) is 5.92 Å². The zero-order chi connectivity index (χ0) is 20.4. The molecule has 0 saturated heterocycles. The molecule has 4 rings (SSSR count). The van der Waals surface area contributed by atoms with Crippen molar-refractivity contribution in [3.05, 3.63) is 74.8 Å². The van der Waals surface area contributed by atoms with Crippen LogP contribution in [0.4, 0.5) is 0 Å². The molecule has 1 amide bonds. The lowest BCUT2D eigenvalue weighted by Gasteiger charge is -2.26. The van der Waals surface area contributed by atoms with Gasteiger partial charge in [0.2, 0.25) is 0 Å². The zero-order valence-electron chi connectivity index (χ0n) is 16.5. The van der Waals surface area contributed by atoms with Crippen molar-refractivity contribution >= 4 is 29.0 Å². The van der Waals surface area contributed by atoms with Gasteiger partial charge in [-0.2, -0.15) is 0 Å². The number of nitrogens with zero attached hydrogens (tertiary/aromatic N) is 1. The fourth-order valence-corrected chi connectivity index (χ4v) is 4.22. The van der Waals surface area contributed by atoms with Gasteiger partial charge >= 0.3 is 0 Å². The highest BCUT2D eigenvalue weighted by Gasteiger charge is 2.20. The maximum Gasteiger partial charge on any atom is 0.262 e. The first-order valence-corrected chi connectivity index (χ1v) is 10.5. The van der Waals surface area contributed by atoms with Crippen molar-refractivity contribution in [1.29, 1.82) is 0 Å². The third-order valence-corrected chi connectivity index (χ3v) is 6.12. The van der Waals surface area contributed by atoms with Gasteiger partial charge in [-0.1, -0.05) is 31.2 Å². The molecule has 0 radical (unpaired) electrons. The SMILES string of the molecule is CC1CCC(NC(=O)c2ccc(Cn3c(=S)[nH]c4ccccc4c3=O)cc2)CC1. The fraction of sp³-hybridized carbons (Fsp3) is 0.348. The molecule has 0 spiro atoms. The van der Waals surface area contributed by atoms with E-state index >= 15 is 0 Å². The van der Waals surface area contributed by atoms with Gasteiger partial charge in [-0.25, -0.2) is 0 Å². The number of amides is 1. The maximum absolute atomic E-state index is 12.8. The van der Waals surface area contributed by atoms with Crippen LogP contribution in [0, 0.1) is 10.7 Å². The number of fused-ring (bicyclic) bond motifs is 1. The summed E-state index contributed by atoms with van der Waals surface area (Å²) in [5.41, 5.74) is 2.19. The number of carbonyl (C=O) groups excluding carboxylic acids is 1. The Labute approximate surface area is 174 Å². The summed E-state index contributed by atoms with van der Waals surface area (Å²) < 4.78 is 1.94. The number of benzene rings is 2. The predicted molar refractivity (Wildman–Crippen MR) is 118 cm³/mol. The van der Waals surface area contributed by atoms with E-state index in [0.29, 0.717) is 22.3 Å². The molecule has 1 aliphatic rings. The third kappa shape index (κ3) is 4.32. The van der Waals surface area contributed by atoms with Crippen molar-refractivity contribution in [1.82, 2.24) is 14.9 Å². The van der Waals surface area contributed by atoms with Crippen LogP contribution in [0.1, 0.15) is 48.5 Å². The summed E-state index contributed by atoms with van der Waals surface area (Å²) in [6.45, 7) is 2.63. The normalized spacial score (nSPS) is 19.2. The predicted octanol–water partition coefficient (Wildman–Crippen LogP) is 4.42. The van der Waals surface area contributed by atoms with Crippen molar-refractivity contribution in [2.75, 3.05) is 0 Å². The number of aromatic amines is 1. The zero-order valence-corrected chi connectivity index (χ0v) is 17.3. The summed E-state index contributed by atoms with van der Waals surface area (Å²) in [4.78, 5) is 28.4. The van der Waals surface area contributed by atoms with Crippen LogP contribution < -0.4 is 10.9 Å². The average molecular weight is 408 g/mol. The molecule has 29 heavy (non-hydrogen) atoms. The van der Waals surface area contributed by atoms with Crippen molar-refractivity contribution < 1.29 is 4.79 Å². The lowest BCUT2D eigenvalue weighted by atomic mass is 9.87. The maximum atomic E-state index is 12.8. The lowest BCUT2D eigenvalue weighted by Crippen LogP contribution is -2.37. The van der Waals surface area contributed by atoms with Crippen molar-refractivity contribution in [3.63, 3.8) is 0 Å². The second-order valence-corrected chi connectivity index (χ2v) is 8.38. The van der Waals surface area contributed by atoms with Gasteiger partial charge in [-0.05, 0) is 73.6 Å². The van der Waals surface area contributed by atoms with Crippen LogP contribution in [-0.2, 0) is 6.54 Å². The Bertz CT molecular complexity index is 1140. The van der Waals surface area contributed by atoms with Gasteiger partial charge in [0.15, 0.2) is 4.77 Å². The topological polar surface area (TPSA) is 66.9 Å². The molecule has 1 fully saturated rings. The highest BCUT2D eigenvalue weighted by Crippen LogP contribution is 2.23. The monoisotopic (exact) mass is 407 g/mol. The van der Waals surface area contributed by atoms with Crippen LogP contribution in [-0.4, -0.2) is 21.5 Å². The largest absolute Gasteiger partial charge is 0.349 e. The average Bonchev–Trinajstić information content (AvgIpc) is 2.73. The van der Waals surface area contributed by atoms with E-state index in [1.165, 1.54) is 12.8 Å². The Kier molecular flexibility index (Phi) is 5.62. The highest BCUT2D eigenvalue weighted by atomic mass is 32.1. The molecule has 5 nitrogen and oxygen atoms in total. The van der Waals surface area contributed by atoms with Crippen LogP contribution >= 0.6 is 12.2 Å². The molecule has 1 heterocycles. The molecule has 0 bridgehead atoms. The highest BCUT2D eigenvalue weighted by molar-refractivity contribution is 7.71. The number of aromatic nitrogens is 2. The molecule has 3 aromatic rings. The molecule has 1 aromatic heterocycles. The molecule has 2 N–H and O–H groups in total. The lowest BCUT2D eigenvalue weighted by molar-refractivity contribution is 0.0923. The first kappa shape index (κ1) is 19.6. The smallest absolute Gasteiger partial charge is 0.262 e. The molecule has 6 heteroatoms. The van der Waals surface area contributed by atoms with Gasteiger partial charge < -0.3 is 10.3 Å². The number of H-pyrrole nitrogens is 1. The summed E-state index contributed by atoms with van der Waals surface area (Å²) in [5, 5.41) is 3.76. The van der Waals surface area contributed by atoms with Gasteiger partial charge in [-0.3, -0.25) is 14.2 Å². The summed E-state index contributed by atoms with van der Waals surface area (Å²) in [7, 11) is 0. The Morgan fingerprint density at radius 1 is 1.10 bits per heavy atom. The van der Waals surface area contributed by atoms with Gasteiger partial charge in [0.25, 0.3) is 11.5 Å². The van der Waals surface area contributed by atoms with E-state index in [1.807, 2.05) is 42.5 Å². The first-order valence-electron chi connectivity index (χ1n) is 10.1. The number of para-hydroxylation sites is 1. The van der Waals surface area contributed by atoms with Crippen LogP contribution in [0.25, 0.3) is 10.9 Å². The molecule has 0 aliphatic heterocycles. The van der Waals surface area contributed by atoms with E-state index < -0.39 is 0 Å². The molecule has 0 unspecified atom stereocenters. The first-order chi connectivity index (χ1) is 14.0. The minimum absolute atomic E-state index is 0.0312. The van der Waals surface area contributed by atoms with Crippen LogP contribution in [0.15, 0.2) is 53.3 Å². The minimum atomic E-state index is -0.113.